The molecule has 180 valence electrons. The Bertz CT molecular complexity index is 1170. The summed E-state index contributed by atoms with van der Waals surface area (Å²) in [6.07, 6.45) is 0. The van der Waals surface area contributed by atoms with E-state index in [9.17, 15) is 24.2 Å². The van der Waals surface area contributed by atoms with Crippen molar-refractivity contribution in [2.45, 2.75) is 26.0 Å². The van der Waals surface area contributed by atoms with Crippen LogP contribution in [0.2, 0.25) is 5.02 Å². The van der Waals surface area contributed by atoms with Crippen molar-refractivity contribution in [2.24, 2.45) is 0 Å². The summed E-state index contributed by atoms with van der Waals surface area (Å²) in [6.45, 7) is 2.66. The van der Waals surface area contributed by atoms with Gasteiger partial charge in [0.05, 0.1) is 19.2 Å². The normalized spacial score (nSPS) is 12.9. The van der Waals surface area contributed by atoms with Gasteiger partial charge in [-0.3, -0.25) is 10.2 Å². The Morgan fingerprint density at radius 3 is 2.56 bits per heavy atom. The van der Waals surface area contributed by atoms with E-state index in [-0.39, 0.29) is 25.5 Å². The number of carbonyl (C=O) groups excluding carboxylic acids is 2. The zero-order valence-electron chi connectivity index (χ0n) is 18.4. The number of hydrogen-bond donors (Lipinski definition) is 3. The van der Waals surface area contributed by atoms with Crippen molar-refractivity contribution < 1.29 is 33.5 Å². The number of carbonyl (C=O) groups is 2. The van der Waals surface area contributed by atoms with Crippen LogP contribution in [-0.2, 0) is 16.1 Å². The number of nitrogens with zero attached hydrogens (tertiary/aromatic N) is 2. The number of nitrogens with one attached hydrogen (secondary N) is 1. The third kappa shape index (κ3) is 6.31. The van der Waals surface area contributed by atoms with Gasteiger partial charge in [0.25, 0.3) is 5.88 Å². The number of aliphatic hydroxyl groups is 1. The van der Waals surface area contributed by atoms with Crippen LogP contribution in [0.4, 0.5) is 4.39 Å². The number of rotatable bonds is 9. The van der Waals surface area contributed by atoms with Gasteiger partial charge in [-0.15, -0.1) is 0 Å². The molecule has 1 aromatic heterocycles. The Morgan fingerprint density at radius 2 is 1.94 bits per heavy atom. The zero-order chi connectivity index (χ0) is 24.9. The van der Waals surface area contributed by atoms with Crippen LogP contribution < -0.4 is 5.43 Å². The molecular weight excluding hydrogens is 469 g/mol. The SMILES string of the molecule is CCOC(=O)C(C)(O)CN(Cc1ccc(-c2cc(Cl)ccc2F)cc1)NC(=O)c1cc(O)no1. The van der Waals surface area contributed by atoms with Crippen LogP contribution in [0, 0.1) is 5.82 Å². The molecule has 1 heterocycles. The Morgan fingerprint density at radius 1 is 1.24 bits per heavy atom. The largest absolute Gasteiger partial charge is 0.491 e. The van der Waals surface area contributed by atoms with E-state index in [0.717, 1.165) is 6.07 Å². The molecule has 11 heteroatoms. The van der Waals surface area contributed by atoms with Crippen LogP contribution in [0.3, 0.4) is 0 Å². The summed E-state index contributed by atoms with van der Waals surface area (Å²) in [5, 5.41) is 24.8. The summed E-state index contributed by atoms with van der Waals surface area (Å²) >= 11 is 5.97. The average Bonchev–Trinajstić information content (AvgIpc) is 3.22. The van der Waals surface area contributed by atoms with Crippen molar-refractivity contribution in [3.05, 3.63) is 70.7 Å². The molecular formula is C23H23ClFN3O6. The van der Waals surface area contributed by atoms with Crippen LogP contribution in [0.25, 0.3) is 11.1 Å². The number of halogens is 2. The second-order valence-electron chi connectivity index (χ2n) is 7.66. The van der Waals surface area contributed by atoms with E-state index in [1.165, 1.54) is 30.1 Å². The van der Waals surface area contributed by atoms with Gasteiger partial charge in [-0.25, -0.2) is 14.2 Å². The van der Waals surface area contributed by atoms with Crippen molar-refractivity contribution in [3.8, 4) is 17.0 Å². The maximum atomic E-state index is 14.2. The third-order valence-electron chi connectivity index (χ3n) is 4.76. The van der Waals surface area contributed by atoms with Crippen molar-refractivity contribution in [1.29, 1.82) is 0 Å². The standard InChI is InChI=1S/C23H23ClFN3O6/c1-3-33-22(31)23(2,32)13-28(26-21(30)19-11-20(29)27-34-19)12-14-4-6-15(7-5-14)17-10-16(24)8-9-18(17)25/h4-11,32H,3,12-13H2,1-2H3,(H,26,30)(H,27,29). The summed E-state index contributed by atoms with van der Waals surface area (Å²) in [4.78, 5) is 24.7. The first-order valence-corrected chi connectivity index (χ1v) is 10.6. The molecule has 0 aliphatic carbocycles. The molecule has 0 spiro atoms. The van der Waals surface area contributed by atoms with Gasteiger partial charge < -0.3 is 19.5 Å². The average molecular weight is 492 g/mol. The van der Waals surface area contributed by atoms with E-state index in [1.807, 2.05) is 0 Å². The molecule has 1 amide bonds. The van der Waals surface area contributed by atoms with Crippen molar-refractivity contribution in [1.82, 2.24) is 15.6 Å². The van der Waals surface area contributed by atoms with Crippen molar-refractivity contribution in [2.75, 3.05) is 13.2 Å². The van der Waals surface area contributed by atoms with Crippen LogP contribution in [0.1, 0.15) is 30.0 Å². The fourth-order valence-corrected chi connectivity index (χ4v) is 3.33. The van der Waals surface area contributed by atoms with E-state index in [0.29, 0.717) is 21.7 Å². The number of esters is 1. The molecule has 0 aliphatic rings. The molecule has 0 radical (unpaired) electrons. The summed E-state index contributed by atoms with van der Waals surface area (Å²) < 4.78 is 23.8. The van der Waals surface area contributed by atoms with Gasteiger partial charge >= 0.3 is 11.9 Å². The Labute approximate surface area is 199 Å². The minimum Gasteiger partial charge on any atom is -0.491 e. The highest BCUT2D eigenvalue weighted by atomic mass is 35.5. The zero-order valence-corrected chi connectivity index (χ0v) is 19.2. The number of aromatic hydroxyl groups is 1. The van der Waals surface area contributed by atoms with E-state index < -0.39 is 29.2 Å². The van der Waals surface area contributed by atoms with Crippen LogP contribution in [0.15, 0.2) is 53.1 Å². The number of hydrazine groups is 1. The maximum absolute atomic E-state index is 14.2. The van der Waals surface area contributed by atoms with Gasteiger partial charge in [0.2, 0.25) is 5.76 Å². The molecule has 3 N–H and O–H groups in total. The first-order valence-electron chi connectivity index (χ1n) is 10.2. The molecule has 0 bridgehead atoms. The quantitative estimate of drug-likeness (QED) is 0.307. The summed E-state index contributed by atoms with van der Waals surface area (Å²) in [6, 6.07) is 12.0. The lowest BCUT2D eigenvalue weighted by atomic mass is 10.0. The predicted molar refractivity (Wildman–Crippen MR) is 120 cm³/mol. The van der Waals surface area contributed by atoms with Crippen LogP contribution >= 0.6 is 11.6 Å². The Hall–Kier alpha value is -3.47. The lowest BCUT2D eigenvalue weighted by Crippen LogP contribution is -2.53. The second kappa shape index (κ2) is 10.6. The molecule has 3 aromatic rings. The van der Waals surface area contributed by atoms with E-state index in [2.05, 4.69) is 10.6 Å². The molecule has 9 nitrogen and oxygen atoms in total. The van der Waals surface area contributed by atoms with E-state index in [1.54, 1.807) is 31.2 Å². The fraction of sp³-hybridized carbons (Fsp3) is 0.261. The lowest BCUT2D eigenvalue weighted by Gasteiger charge is -2.30. The van der Waals surface area contributed by atoms with Gasteiger partial charge in [-0.1, -0.05) is 35.9 Å². The topological polar surface area (TPSA) is 125 Å². The van der Waals surface area contributed by atoms with Crippen LogP contribution in [-0.4, -0.2) is 51.0 Å². The highest BCUT2D eigenvalue weighted by Crippen LogP contribution is 2.26. The molecule has 0 saturated carbocycles. The first kappa shape index (κ1) is 25.2. The molecule has 0 fully saturated rings. The van der Waals surface area contributed by atoms with Gasteiger partial charge in [0.15, 0.2) is 5.60 Å². The molecule has 0 aliphatic heterocycles. The number of aromatic nitrogens is 1. The van der Waals surface area contributed by atoms with Gasteiger partial charge in [-0.05, 0) is 48.3 Å². The molecule has 34 heavy (non-hydrogen) atoms. The van der Waals surface area contributed by atoms with Crippen molar-refractivity contribution >= 4 is 23.5 Å². The minimum absolute atomic E-state index is 0.0553. The van der Waals surface area contributed by atoms with E-state index >= 15 is 0 Å². The molecule has 0 saturated heterocycles. The van der Waals surface area contributed by atoms with Crippen molar-refractivity contribution in [3.63, 3.8) is 0 Å². The second-order valence-corrected chi connectivity index (χ2v) is 8.10. The molecule has 2 aromatic carbocycles. The summed E-state index contributed by atoms with van der Waals surface area (Å²) in [7, 11) is 0. The monoisotopic (exact) mass is 491 g/mol. The molecule has 1 unspecified atom stereocenters. The highest BCUT2D eigenvalue weighted by molar-refractivity contribution is 6.30. The third-order valence-corrected chi connectivity index (χ3v) is 5.00. The number of benzene rings is 2. The molecule has 3 rings (SSSR count). The Kier molecular flexibility index (Phi) is 7.87. The number of ether oxygens (including phenoxy) is 1. The van der Waals surface area contributed by atoms with Gasteiger partial charge in [0.1, 0.15) is 5.82 Å². The molecule has 1 atom stereocenters. The number of amides is 1. The summed E-state index contributed by atoms with van der Waals surface area (Å²) in [5.74, 6) is -2.79. The minimum atomic E-state index is -1.95. The van der Waals surface area contributed by atoms with Gasteiger partial charge in [0, 0.05) is 17.1 Å². The van der Waals surface area contributed by atoms with Crippen LogP contribution in [0.5, 0.6) is 5.88 Å². The first-order chi connectivity index (χ1) is 16.1. The highest BCUT2D eigenvalue weighted by Gasteiger charge is 2.35. The maximum Gasteiger partial charge on any atom is 0.339 e. The van der Waals surface area contributed by atoms with Gasteiger partial charge in [-0.2, -0.15) is 0 Å². The predicted octanol–water partition coefficient (Wildman–Crippen LogP) is 3.30. The smallest absolute Gasteiger partial charge is 0.339 e. The summed E-state index contributed by atoms with van der Waals surface area (Å²) in [5.41, 5.74) is 2.17. The Balaban J connectivity index is 1.81. The fourth-order valence-electron chi connectivity index (χ4n) is 3.16. The van der Waals surface area contributed by atoms with E-state index in [4.69, 9.17) is 20.9 Å². The lowest BCUT2D eigenvalue weighted by molar-refractivity contribution is -0.165. The number of hydrogen-bond acceptors (Lipinski definition) is 8.